The zero-order chi connectivity index (χ0) is 25.4. The molecule has 3 aromatic carbocycles. The Hall–Kier alpha value is -4.30. The summed E-state index contributed by atoms with van der Waals surface area (Å²) in [5.41, 5.74) is 4.90. The van der Waals surface area contributed by atoms with Gasteiger partial charge in [-0.25, -0.2) is 5.43 Å². The van der Waals surface area contributed by atoms with E-state index in [9.17, 15) is 14.7 Å². The molecule has 3 rings (SSSR count). The number of methoxy groups -OCH3 is 1. The third-order valence-corrected chi connectivity index (χ3v) is 5.24. The lowest BCUT2D eigenvalue weighted by atomic mass is 10.1. The van der Waals surface area contributed by atoms with Gasteiger partial charge < -0.3 is 20.1 Å². The van der Waals surface area contributed by atoms with Crippen LogP contribution in [0.15, 0.2) is 77.5 Å². The van der Waals surface area contributed by atoms with Crippen LogP contribution in [0.4, 0.5) is 5.69 Å². The number of phenols is 1. The summed E-state index contributed by atoms with van der Waals surface area (Å²) in [6, 6.07) is 18.6. The number of anilines is 1. The van der Waals surface area contributed by atoms with Gasteiger partial charge in [0.2, 0.25) is 0 Å². The Kier molecular flexibility index (Phi) is 8.48. The predicted molar refractivity (Wildman–Crippen MR) is 138 cm³/mol. The fourth-order valence-electron chi connectivity index (χ4n) is 3.03. The third-order valence-electron chi connectivity index (χ3n) is 4.92. The molecule has 0 saturated carbocycles. The Morgan fingerprint density at radius 3 is 2.37 bits per heavy atom. The smallest absolute Gasteiger partial charge is 0.287 e. The van der Waals surface area contributed by atoms with E-state index in [1.165, 1.54) is 19.4 Å². The number of nitrogens with one attached hydrogen (secondary N) is 2. The van der Waals surface area contributed by atoms with E-state index >= 15 is 0 Å². The molecule has 180 valence electrons. The number of amides is 2. The number of hydrogen-bond donors (Lipinski definition) is 3. The number of carbonyl (C=O) groups is 2. The number of rotatable bonds is 8. The molecule has 0 bridgehead atoms. The zero-order valence-electron chi connectivity index (χ0n) is 19.4. The number of nitrogens with zero attached hydrogens (tertiary/aromatic N) is 2. The van der Waals surface area contributed by atoms with E-state index in [2.05, 4.69) is 15.8 Å². The van der Waals surface area contributed by atoms with Crippen LogP contribution in [-0.4, -0.2) is 44.3 Å². The first-order valence-corrected chi connectivity index (χ1v) is 10.9. The summed E-state index contributed by atoms with van der Waals surface area (Å²) < 4.78 is 5.07. The summed E-state index contributed by atoms with van der Waals surface area (Å²) in [4.78, 5) is 27.7. The maximum absolute atomic E-state index is 12.9. The van der Waals surface area contributed by atoms with Gasteiger partial charge in [-0.05, 0) is 59.7 Å². The standard InChI is InChI=1S/C26H25ClN4O4/c1-31(2)19-11-8-17(9-12-19)14-22(29-25(33)20-6-4-5-7-21(20)27)26(34)30-28-16-18-10-13-23(32)24(15-18)35-3/h4-16,32H,1-3H3,(H,29,33)(H,30,34). The molecule has 0 aromatic heterocycles. The molecular weight excluding hydrogens is 468 g/mol. The average molecular weight is 493 g/mol. The summed E-state index contributed by atoms with van der Waals surface area (Å²) in [6.45, 7) is 0. The van der Waals surface area contributed by atoms with Gasteiger partial charge in [-0.2, -0.15) is 5.10 Å². The number of halogens is 1. The minimum Gasteiger partial charge on any atom is -0.504 e. The summed E-state index contributed by atoms with van der Waals surface area (Å²) in [5.74, 6) is -0.909. The van der Waals surface area contributed by atoms with Crippen LogP contribution in [0.3, 0.4) is 0 Å². The quantitative estimate of drug-likeness (QED) is 0.250. The predicted octanol–water partition coefficient (Wildman–Crippen LogP) is 4.04. The van der Waals surface area contributed by atoms with E-state index in [-0.39, 0.29) is 27.8 Å². The Bertz CT molecular complexity index is 1270. The molecule has 9 heteroatoms. The number of ether oxygens (including phenoxy) is 1. The molecule has 0 aliphatic carbocycles. The van der Waals surface area contributed by atoms with Gasteiger partial charge in [-0.15, -0.1) is 0 Å². The molecule has 35 heavy (non-hydrogen) atoms. The largest absolute Gasteiger partial charge is 0.504 e. The topological polar surface area (TPSA) is 103 Å². The van der Waals surface area contributed by atoms with Crippen LogP contribution in [0.2, 0.25) is 5.02 Å². The van der Waals surface area contributed by atoms with Crippen molar-refractivity contribution >= 4 is 41.4 Å². The molecule has 0 atom stereocenters. The van der Waals surface area contributed by atoms with Gasteiger partial charge in [0.05, 0.1) is 23.9 Å². The molecule has 3 N–H and O–H groups in total. The molecule has 0 unspecified atom stereocenters. The normalized spacial score (nSPS) is 11.3. The highest BCUT2D eigenvalue weighted by Gasteiger charge is 2.16. The minimum absolute atomic E-state index is 0.0125. The Balaban J connectivity index is 1.84. The molecule has 0 radical (unpaired) electrons. The molecule has 0 heterocycles. The fraction of sp³-hybridized carbons (Fsp3) is 0.115. The van der Waals surface area contributed by atoms with Crippen molar-refractivity contribution in [2.24, 2.45) is 5.10 Å². The minimum atomic E-state index is -0.635. The van der Waals surface area contributed by atoms with Crippen molar-refractivity contribution in [1.82, 2.24) is 10.7 Å². The highest BCUT2D eigenvalue weighted by Crippen LogP contribution is 2.25. The number of benzene rings is 3. The monoisotopic (exact) mass is 492 g/mol. The van der Waals surface area contributed by atoms with Crippen LogP contribution >= 0.6 is 11.6 Å². The lowest BCUT2D eigenvalue weighted by molar-refractivity contribution is -0.117. The van der Waals surface area contributed by atoms with Crippen LogP contribution < -0.4 is 20.4 Å². The molecule has 0 spiro atoms. The second-order valence-corrected chi connectivity index (χ2v) is 8.02. The van der Waals surface area contributed by atoms with Crippen LogP contribution in [-0.2, 0) is 4.79 Å². The molecule has 0 aliphatic heterocycles. The number of phenolic OH excluding ortho intramolecular Hbond substituents is 1. The fourth-order valence-corrected chi connectivity index (χ4v) is 3.25. The second-order valence-electron chi connectivity index (χ2n) is 7.61. The molecular formula is C26H25ClN4O4. The number of hydrogen-bond acceptors (Lipinski definition) is 6. The first kappa shape index (κ1) is 25.3. The Morgan fingerprint density at radius 1 is 1.03 bits per heavy atom. The maximum atomic E-state index is 12.9. The maximum Gasteiger partial charge on any atom is 0.287 e. The Morgan fingerprint density at radius 2 is 1.71 bits per heavy atom. The van der Waals surface area contributed by atoms with Gasteiger partial charge in [0.1, 0.15) is 5.70 Å². The summed E-state index contributed by atoms with van der Waals surface area (Å²) in [7, 11) is 5.28. The first-order valence-electron chi connectivity index (χ1n) is 10.5. The van der Waals surface area contributed by atoms with E-state index in [1.54, 1.807) is 42.5 Å². The van der Waals surface area contributed by atoms with Gasteiger partial charge in [0.15, 0.2) is 11.5 Å². The van der Waals surface area contributed by atoms with Crippen molar-refractivity contribution in [3.63, 3.8) is 0 Å². The summed E-state index contributed by atoms with van der Waals surface area (Å²) in [6.07, 6.45) is 2.93. The summed E-state index contributed by atoms with van der Waals surface area (Å²) in [5, 5.41) is 16.6. The highest BCUT2D eigenvalue weighted by atomic mass is 35.5. The van der Waals surface area contributed by atoms with E-state index in [0.29, 0.717) is 11.1 Å². The van der Waals surface area contributed by atoms with Crippen molar-refractivity contribution in [1.29, 1.82) is 0 Å². The van der Waals surface area contributed by atoms with Crippen molar-refractivity contribution < 1.29 is 19.4 Å². The average Bonchev–Trinajstić information content (AvgIpc) is 2.85. The van der Waals surface area contributed by atoms with E-state index in [1.807, 2.05) is 43.3 Å². The molecule has 0 aliphatic rings. The molecule has 8 nitrogen and oxygen atoms in total. The van der Waals surface area contributed by atoms with Crippen molar-refractivity contribution in [3.8, 4) is 11.5 Å². The van der Waals surface area contributed by atoms with Crippen LogP contribution in [0.5, 0.6) is 11.5 Å². The lowest BCUT2D eigenvalue weighted by Gasteiger charge is -2.13. The molecule has 0 saturated heterocycles. The van der Waals surface area contributed by atoms with E-state index < -0.39 is 11.8 Å². The van der Waals surface area contributed by atoms with E-state index in [0.717, 1.165) is 5.69 Å². The first-order chi connectivity index (χ1) is 16.8. The lowest BCUT2D eigenvalue weighted by Crippen LogP contribution is -2.33. The highest BCUT2D eigenvalue weighted by molar-refractivity contribution is 6.34. The van der Waals surface area contributed by atoms with E-state index in [4.69, 9.17) is 16.3 Å². The number of carbonyl (C=O) groups excluding carboxylic acids is 2. The van der Waals surface area contributed by atoms with Crippen LogP contribution in [0, 0.1) is 0 Å². The van der Waals surface area contributed by atoms with Crippen molar-refractivity contribution in [2.45, 2.75) is 0 Å². The van der Waals surface area contributed by atoms with Gasteiger partial charge in [-0.1, -0.05) is 35.9 Å². The number of aromatic hydroxyl groups is 1. The SMILES string of the molecule is COc1cc(C=NNC(=O)C(=Cc2ccc(N(C)C)cc2)NC(=O)c2ccccc2Cl)ccc1O. The van der Waals surface area contributed by atoms with Crippen LogP contribution in [0.25, 0.3) is 6.08 Å². The van der Waals surface area contributed by atoms with Crippen LogP contribution in [0.1, 0.15) is 21.5 Å². The van der Waals surface area contributed by atoms with Gasteiger partial charge >= 0.3 is 0 Å². The number of hydrazone groups is 1. The van der Waals surface area contributed by atoms with Gasteiger partial charge in [0.25, 0.3) is 11.8 Å². The zero-order valence-corrected chi connectivity index (χ0v) is 20.2. The molecule has 0 fully saturated rings. The third kappa shape index (κ3) is 6.84. The molecule has 2 amide bonds. The van der Waals surface area contributed by atoms with Crippen molar-refractivity contribution in [2.75, 3.05) is 26.1 Å². The van der Waals surface area contributed by atoms with Crippen molar-refractivity contribution in [3.05, 3.63) is 94.1 Å². The Labute approximate surface area is 208 Å². The van der Waals surface area contributed by atoms with Gasteiger partial charge in [0, 0.05) is 19.8 Å². The summed E-state index contributed by atoms with van der Waals surface area (Å²) >= 11 is 6.14. The second kappa shape index (κ2) is 11.7. The van der Waals surface area contributed by atoms with Gasteiger partial charge in [-0.3, -0.25) is 9.59 Å². The molecule has 3 aromatic rings.